The Bertz CT molecular complexity index is 814. The fourth-order valence-corrected chi connectivity index (χ4v) is 4.02. The maximum Gasteiger partial charge on any atom is 0.212 e. The van der Waals surface area contributed by atoms with Crippen LogP contribution in [0.2, 0.25) is 0 Å². The van der Waals surface area contributed by atoms with Crippen molar-refractivity contribution in [2.75, 3.05) is 20.2 Å². The van der Waals surface area contributed by atoms with Crippen LogP contribution in [0.1, 0.15) is 45.1 Å². The van der Waals surface area contributed by atoms with Crippen molar-refractivity contribution in [2.45, 2.75) is 46.5 Å². The quantitative estimate of drug-likeness (QED) is 0.408. The molecular weight excluding hydrogens is 370 g/mol. The molecule has 2 heterocycles. The van der Waals surface area contributed by atoms with Gasteiger partial charge in [0.15, 0.2) is 0 Å². The SMILES string of the molecule is C=C.CCCCC(=Nc1ccc(-c2ccc(OC)nc2)cc1C)C1CNCC1CC. The molecule has 3 rings (SSSR count). The van der Waals surface area contributed by atoms with Crippen molar-refractivity contribution < 1.29 is 4.74 Å². The molecule has 2 unspecified atom stereocenters. The zero-order valence-electron chi connectivity index (χ0n) is 19.1. The summed E-state index contributed by atoms with van der Waals surface area (Å²) < 4.78 is 5.16. The van der Waals surface area contributed by atoms with Crippen molar-refractivity contribution in [1.29, 1.82) is 0 Å². The molecule has 1 aliphatic rings. The van der Waals surface area contributed by atoms with Crippen LogP contribution in [0, 0.1) is 18.8 Å². The molecule has 0 spiro atoms. The Labute approximate surface area is 182 Å². The number of hydrogen-bond donors (Lipinski definition) is 1. The molecule has 0 bridgehead atoms. The summed E-state index contributed by atoms with van der Waals surface area (Å²) in [5.74, 6) is 1.92. The number of unbranched alkanes of at least 4 members (excludes halogenated alkanes) is 1. The number of rotatable bonds is 8. The average Bonchev–Trinajstić information content (AvgIpc) is 3.28. The maximum atomic E-state index is 5.18. The molecule has 162 valence electrons. The fraction of sp³-hybridized carbons (Fsp3) is 0.462. The molecule has 1 fully saturated rings. The summed E-state index contributed by atoms with van der Waals surface area (Å²) in [7, 11) is 1.64. The van der Waals surface area contributed by atoms with Crippen LogP contribution in [0.15, 0.2) is 54.7 Å². The zero-order chi connectivity index (χ0) is 21.9. The number of nitrogens with zero attached hydrogens (tertiary/aromatic N) is 2. The van der Waals surface area contributed by atoms with Gasteiger partial charge >= 0.3 is 0 Å². The highest BCUT2D eigenvalue weighted by Crippen LogP contribution is 2.30. The van der Waals surface area contributed by atoms with Gasteiger partial charge in [0.05, 0.1) is 12.8 Å². The first-order valence-electron chi connectivity index (χ1n) is 11.1. The number of methoxy groups -OCH3 is 1. The zero-order valence-corrected chi connectivity index (χ0v) is 19.1. The molecule has 0 aliphatic carbocycles. The Morgan fingerprint density at radius 2 is 1.93 bits per heavy atom. The van der Waals surface area contributed by atoms with E-state index < -0.39 is 0 Å². The Balaban J connectivity index is 0.00000155. The van der Waals surface area contributed by atoms with Crippen molar-refractivity contribution in [3.05, 3.63) is 55.3 Å². The number of pyridine rings is 1. The number of nitrogens with one attached hydrogen (secondary N) is 1. The van der Waals surface area contributed by atoms with Gasteiger partial charge in [-0.15, -0.1) is 13.2 Å². The summed E-state index contributed by atoms with van der Waals surface area (Å²) in [5.41, 5.74) is 5.94. The molecule has 0 saturated carbocycles. The summed E-state index contributed by atoms with van der Waals surface area (Å²) in [6.45, 7) is 14.9. The number of hydrogen-bond acceptors (Lipinski definition) is 4. The lowest BCUT2D eigenvalue weighted by Crippen LogP contribution is -2.22. The summed E-state index contributed by atoms with van der Waals surface area (Å²) in [4.78, 5) is 9.50. The van der Waals surface area contributed by atoms with Crippen molar-refractivity contribution in [1.82, 2.24) is 10.3 Å². The monoisotopic (exact) mass is 407 g/mol. The molecule has 4 nitrogen and oxygen atoms in total. The Morgan fingerprint density at radius 3 is 2.53 bits per heavy atom. The third-order valence-electron chi connectivity index (χ3n) is 5.82. The summed E-state index contributed by atoms with van der Waals surface area (Å²) in [6.07, 6.45) is 6.59. The largest absolute Gasteiger partial charge is 0.481 e. The van der Waals surface area contributed by atoms with Gasteiger partial charge in [-0.3, -0.25) is 4.99 Å². The first-order chi connectivity index (χ1) is 14.7. The van der Waals surface area contributed by atoms with Gasteiger partial charge in [-0.25, -0.2) is 4.98 Å². The van der Waals surface area contributed by atoms with Gasteiger partial charge in [0.1, 0.15) is 0 Å². The lowest BCUT2D eigenvalue weighted by molar-refractivity contribution is 0.398. The normalized spacial score (nSPS) is 18.6. The van der Waals surface area contributed by atoms with E-state index in [0.29, 0.717) is 17.7 Å². The molecule has 1 aromatic heterocycles. The number of aliphatic imine (C=N–C) groups is 1. The Kier molecular flexibility index (Phi) is 9.75. The molecule has 1 N–H and O–H groups in total. The van der Waals surface area contributed by atoms with Crippen molar-refractivity contribution in [2.24, 2.45) is 16.8 Å². The second kappa shape index (κ2) is 12.3. The minimum absolute atomic E-state index is 0.571. The van der Waals surface area contributed by atoms with Crippen LogP contribution in [-0.2, 0) is 0 Å². The van der Waals surface area contributed by atoms with E-state index in [2.05, 4.69) is 62.4 Å². The standard InChI is InChI=1S/C24H33N3O.C2H4/c1-5-7-8-23(21-16-25-14-18(21)6-2)27-22-11-9-19(13-17(22)3)20-10-12-24(28-4)26-15-20;1-2/h9-13,15,18,21,25H,5-8,14,16H2,1-4H3;1-2H2. The van der Waals surface area contributed by atoms with Crippen molar-refractivity contribution >= 4 is 11.4 Å². The van der Waals surface area contributed by atoms with Gasteiger partial charge in [0.2, 0.25) is 5.88 Å². The first kappa shape index (κ1) is 23.8. The van der Waals surface area contributed by atoms with Gasteiger partial charge in [0, 0.05) is 36.0 Å². The summed E-state index contributed by atoms with van der Waals surface area (Å²) in [6, 6.07) is 10.5. The molecule has 0 amide bonds. The second-order valence-corrected chi connectivity index (χ2v) is 7.73. The number of aromatic nitrogens is 1. The van der Waals surface area contributed by atoms with Crippen LogP contribution in [0.4, 0.5) is 5.69 Å². The average molecular weight is 408 g/mol. The number of benzene rings is 1. The van der Waals surface area contributed by atoms with Crippen LogP contribution < -0.4 is 10.1 Å². The van der Waals surface area contributed by atoms with Crippen LogP contribution in [0.5, 0.6) is 5.88 Å². The van der Waals surface area contributed by atoms with Crippen LogP contribution in [0.3, 0.4) is 0 Å². The van der Waals surface area contributed by atoms with E-state index >= 15 is 0 Å². The third kappa shape index (κ3) is 6.02. The molecule has 2 aromatic rings. The van der Waals surface area contributed by atoms with Gasteiger partial charge < -0.3 is 10.1 Å². The highest BCUT2D eigenvalue weighted by Gasteiger charge is 2.29. The second-order valence-electron chi connectivity index (χ2n) is 7.73. The topological polar surface area (TPSA) is 46.5 Å². The van der Waals surface area contributed by atoms with Gasteiger partial charge in [-0.05, 0) is 61.6 Å². The van der Waals surface area contributed by atoms with E-state index in [-0.39, 0.29) is 0 Å². The predicted octanol–water partition coefficient (Wildman–Crippen LogP) is 6.38. The van der Waals surface area contributed by atoms with Crippen molar-refractivity contribution in [3.63, 3.8) is 0 Å². The Hall–Kier alpha value is -2.46. The predicted molar refractivity (Wildman–Crippen MR) is 129 cm³/mol. The highest BCUT2D eigenvalue weighted by molar-refractivity contribution is 5.90. The lowest BCUT2D eigenvalue weighted by Gasteiger charge is -2.20. The molecule has 4 heteroatoms. The van der Waals surface area contributed by atoms with Crippen LogP contribution in [-0.4, -0.2) is 30.9 Å². The van der Waals surface area contributed by atoms with E-state index in [1.807, 2.05) is 18.3 Å². The molecule has 30 heavy (non-hydrogen) atoms. The number of aryl methyl sites for hydroxylation is 1. The van der Waals surface area contributed by atoms with E-state index in [1.54, 1.807) is 7.11 Å². The molecular formula is C26H37N3O. The molecule has 1 aromatic carbocycles. The van der Waals surface area contributed by atoms with E-state index in [9.17, 15) is 0 Å². The van der Waals surface area contributed by atoms with Gasteiger partial charge in [-0.1, -0.05) is 32.8 Å². The molecule has 1 saturated heterocycles. The molecule has 0 radical (unpaired) electrons. The molecule has 2 atom stereocenters. The lowest BCUT2D eigenvalue weighted by atomic mass is 9.87. The van der Waals surface area contributed by atoms with Crippen LogP contribution in [0.25, 0.3) is 11.1 Å². The first-order valence-corrected chi connectivity index (χ1v) is 11.1. The van der Waals surface area contributed by atoms with E-state index in [1.165, 1.54) is 30.5 Å². The minimum Gasteiger partial charge on any atom is -0.481 e. The summed E-state index contributed by atoms with van der Waals surface area (Å²) in [5, 5.41) is 3.57. The summed E-state index contributed by atoms with van der Waals surface area (Å²) >= 11 is 0. The van der Waals surface area contributed by atoms with Gasteiger partial charge in [0.25, 0.3) is 0 Å². The maximum absolute atomic E-state index is 5.18. The van der Waals surface area contributed by atoms with Crippen molar-refractivity contribution in [3.8, 4) is 17.0 Å². The van der Waals surface area contributed by atoms with E-state index in [0.717, 1.165) is 36.3 Å². The number of ether oxygens (including phenoxy) is 1. The Morgan fingerprint density at radius 1 is 1.17 bits per heavy atom. The van der Waals surface area contributed by atoms with E-state index in [4.69, 9.17) is 9.73 Å². The molecule has 1 aliphatic heterocycles. The fourth-order valence-electron chi connectivity index (χ4n) is 4.02. The minimum atomic E-state index is 0.571. The van der Waals surface area contributed by atoms with Gasteiger partial charge in [-0.2, -0.15) is 0 Å². The highest BCUT2D eigenvalue weighted by atomic mass is 16.5. The van der Waals surface area contributed by atoms with Crippen LogP contribution >= 0.6 is 0 Å². The third-order valence-corrected chi connectivity index (χ3v) is 5.82. The smallest absolute Gasteiger partial charge is 0.212 e.